The Morgan fingerprint density at radius 3 is 2.75 bits per heavy atom. The van der Waals surface area contributed by atoms with Crippen molar-refractivity contribution in [3.63, 3.8) is 0 Å². The molecule has 0 aliphatic heterocycles. The van der Waals surface area contributed by atoms with E-state index in [1.165, 1.54) is 4.90 Å². The molecule has 2 amide bonds. The Kier molecular flexibility index (Phi) is 6.36. The first-order chi connectivity index (χ1) is 9.52. The molecule has 6 nitrogen and oxygen atoms in total. The van der Waals surface area contributed by atoms with E-state index in [1.54, 1.807) is 38.4 Å². The van der Waals surface area contributed by atoms with Crippen LogP contribution in [0.15, 0.2) is 24.3 Å². The molecule has 0 aliphatic rings. The van der Waals surface area contributed by atoms with Gasteiger partial charge in [-0.25, -0.2) is 0 Å². The summed E-state index contributed by atoms with van der Waals surface area (Å²) < 4.78 is 5.45. The minimum Gasteiger partial charge on any atom is -0.493 e. The molecule has 0 fully saturated rings. The minimum absolute atomic E-state index is 0.0576. The van der Waals surface area contributed by atoms with Crippen LogP contribution in [-0.4, -0.2) is 44.0 Å². The van der Waals surface area contributed by atoms with Gasteiger partial charge in [0.2, 0.25) is 11.8 Å². The fourth-order valence-electron chi connectivity index (χ4n) is 1.57. The molecule has 110 valence electrons. The minimum atomic E-state index is -0.0827. The second-order valence-electron chi connectivity index (χ2n) is 4.41. The summed E-state index contributed by atoms with van der Waals surface area (Å²) in [5.74, 6) is 0.504. The average molecular weight is 279 g/mol. The molecule has 20 heavy (non-hydrogen) atoms. The van der Waals surface area contributed by atoms with E-state index in [0.29, 0.717) is 24.4 Å². The van der Waals surface area contributed by atoms with Crippen molar-refractivity contribution in [2.45, 2.75) is 12.8 Å². The molecule has 0 bridgehead atoms. The largest absolute Gasteiger partial charge is 0.493 e. The molecule has 0 aromatic heterocycles. The maximum Gasteiger partial charge on any atom is 0.225 e. The molecule has 0 unspecified atom stereocenters. The molecule has 0 radical (unpaired) electrons. The van der Waals surface area contributed by atoms with Gasteiger partial charge in [0, 0.05) is 38.8 Å². The average Bonchev–Trinajstić information content (AvgIpc) is 2.44. The normalized spacial score (nSPS) is 9.90. The highest BCUT2D eigenvalue weighted by Gasteiger charge is 2.10. The third kappa shape index (κ3) is 5.60. The number of hydrogen-bond acceptors (Lipinski definition) is 4. The van der Waals surface area contributed by atoms with Crippen LogP contribution in [0.25, 0.3) is 0 Å². The maximum atomic E-state index is 11.8. The van der Waals surface area contributed by atoms with Gasteiger partial charge in [-0.1, -0.05) is 6.07 Å². The number of hydrogen-bond donors (Lipinski definition) is 2. The van der Waals surface area contributed by atoms with E-state index >= 15 is 0 Å². The first-order valence-electron chi connectivity index (χ1n) is 6.46. The van der Waals surface area contributed by atoms with Crippen LogP contribution in [0.2, 0.25) is 0 Å². The fourth-order valence-corrected chi connectivity index (χ4v) is 1.57. The van der Waals surface area contributed by atoms with Crippen LogP contribution in [0.4, 0.5) is 5.69 Å². The van der Waals surface area contributed by atoms with Crippen LogP contribution in [0.1, 0.15) is 12.8 Å². The SMILES string of the molecule is CNC(=O)CCN(C)C(=O)CCOc1cccc(N)c1. The molecule has 0 saturated carbocycles. The molecule has 6 heteroatoms. The smallest absolute Gasteiger partial charge is 0.225 e. The molecule has 0 aliphatic carbocycles. The zero-order valence-electron chi connectivity index (χ0n) is 11.9. The highest BCUT2D eigenvalue weighted by atomic mass is 16.5. The van der Waals surface area contributed by atoms with E-state index < -0.39 is 0 Å². The van der Waals surface area contributed by atoms with Gasteiger partial charge in [-0.05, 0) is 12.1 Å². The topological polar surface area (TPSA) is 84.7 Å². The van der Waals surface area contributed by atoms with Crippen LogP contribution in [-0.2, 0) is 9.59 Å². The van der Waals surface area contributed by atoms with Gasteiger partial charge >= 0.3 is 0 Å². The van der Waals surface area contributed by atoms with Gasteiger partial charge in [-0.3, -0.25) is 9.59 Å². The molecule has 0 heterocycles. The number of rotatable bonds is 7. The summed E-state index contributed by atoms with van der Waals surface area (Å²) >= 11 is 0. The molecular formula is C14H21N3O3. The van der Waals surface area contributed by atoms with Crippen LogP contribution in [0, 0.1) is 0 Å². The zero-order valence-corrected chi connectivity index (χ0v) is 11.9. The van der Waals surface area contributed by atoms with Crippen LogP contribution < -0.4 is 15.8 Å². The van der Waals surface area contributed by atoms with Crippen LogP contribution in [0.3, 0.4) is 0 Å². The highest BCUT2D eigenvalue weighted by molar-refractivity contribution is 5.78. The number of nitrogens with one attached hydrogen (secondary N) is 1. The standard InChI is InChI=1S/C14H21N3O3/c1-16-13(18)6-8-17(2)14(19)7-9-20-12-5-3-4-11(15)10-12/h3-5,10H,6-9,15H2,1-2H3,(H,16,18). The van der Waals surface area contributed by atoms with Gasteiger partial charge in [-0.2, -0.15) is 0 Å². The number of anilines is 1. The second kappa shape index (κ2) is 8.04. The van der Waals surface area contributed by atoms with Crippen molar-refractivity contribution < 1.29 is 14.3 Å². The molecule has 0 saturated heterocycles. The lowest BCUT2D eigenvalue weighted by molar-refractivity contribution is -0.131. The van der Waals surface area contributed by atoms with Crippen LogP contribution in [0.5, 0.6) is 5.75 Å². The molecule has 0 atom stereocenters. The third-order valence-electron chi connectivity index (χ3n) is 2.82. The number of benzene rings is 1. The Morgan fingerprint density at radius 2 is 2.10 bits per heavy atom. The molecule has 1 aromatic rings. The van der Waals surface area contributed by atoms with Crippen molar-refractivity contribution >= 4 is 17.5 Å². The quantitative estimate of drug-likeness (QED) is 0.717. The lowest BCUT2D eigenvalue weighted by Crippen LogP contribution is -2.32. The summed E-state index contributed by atoms with van der Waals surface area (Å²) in [5, 5.41) is 2.52. The van der Waals surface area contributed by atoms with Gasteiger partial charge in [0.1, 0.15) is 5.75 Å². The highest BCUT2D eigenvalue weighted by Crippen LogP contribution is 2.14. The maximum absolute atomic E-state index is 11.8. The van der Waals surface area contributed by atoms with E-state index in [4.69, 9.17) is 10.5 Å². The third-order valence-corrected chi connectivity index (χ3v) is 2.82. The van der Waals surface area contributed by atoms with Gasteiger partial charge in [0.25, 0.3) is 0 Å². The van der Waals surface area contributed by atoms with Gasteiger partial charge in [0.15, 0.2) is 0 Å². The predicted molar refractivity (Wildman–Crippen MR) is 77.3 cm³/mol. The van der Waals surface area contributed by atoms with Gasteiger partial charge in [0.05, 0.1) is 13.0 Å². The van der Waals surface area contributed by atoms with E-state index in [0.717, 1.165) is 0 Å². The predicted octanol–water partition coefficient (Wildman–Crippen LogP) is 0.632. The van der Waals surface area contributed by atoms with Gasteiger partial charge < -0.3 is 20.7 Å². The zero-order chi connectivity index (χ0) is 15.0. The summed E-state index contributed by atoms with van der Waals surface area (Å²) in [7, 11) is 3.25. The van der Waals surface area contributed by atoms with Crippen molar-refractivity contribution in [2.75, 3.05) is 33.0 Å². The fraction of sp³-hybridized carbons (Fsp3) is 0.429. The summed E-state index contributed by atoms with van der Waals surface area (Å²) in [6.07, 6.45) is 0.563. The van der Waals surface area contributed by atoms with Crippen molar-refractivity contribution in [2.24, 2.45) is 0 Å². The van der Waals surface area contributed by atoms with Crippen molar-refractivity contribution in [1.29, 1.82) is 0 Å². The Morgan fingerprint density at radius 1 is 1.35 bits per heavy atom. The molecule has 1 rings (SSSR count). The van der Waals surface area contributed by atoms with E-state index in [2.05, 4.69) is 5.32 Å². The Bertz CT molecular complexity index is 463. The number of amides is 2. The number of carbonyl (C=O) groups excluding carboxylic acids is 2. The van der Waals surface area contributed by atoms with Gasteiger partial charge in [-0.15, -0.1) is 0 Å². The Labute approximate surface area is 118 Å². The lowest BCUT2D eigenvalue weighted by Gasteiger charge is -2.16. The lowest BCUT2D eigenvalue weighted by atomic mass is 10.3. The molecular weight excluding hydrogens is 258 g/mol. The van der Waals surface area contributed by atoms with E-state index in [9.17, 15) is 9.59 Å². The number of nitrogens with two attached hydrogens (primary N) is 1. The van der Waals surface area contributed by atoms with E-state index in [-0.39, 0.29) is 24.8 Å². The number of nitrogens with zero attached hydrogens (tertiary/aromatic N) is 1. The summed E-state index contributed by atoms with van der Waals surface area (Å²) in [6.45, 7) is 0.684. The first kappa shape index (κ1) is 15.8. The monoisotopic (exact) mass is 279 g/mol. The molecule has 0 spiro atoms. The Balaban J connectivity index is 2.27. The van der Waals surface area contributed by atoms with Crippen molar-refractivity contribution in [3.05, 3.63) is 24.3 Å². The first-order valence-corrected chi connectivity index (χ1v) is 6.46. The number of nitrogen functional groups attached to an aromatic ring is 1. The van der Waals surface area contributed by atoms with Crippen LogP contribution >= 0.6 is 0 Å². The number of ether oxygens (including phenoxy) is 1. The second-order valence-corrected chi connectivity index (χ2v) is 4.41. The van der Waals surface area contributed by atoms with Crippen molar-refractivity contribution in [3.8, 4) is 5.75 Å². The summed E-state index contributed by atoms with van der Waals surface area (Å²) in [4.78, 5) is 24.4. The summed E-state index contributed by atoms with van der Waals surface area (Å²) in [5.41, 5.74) is 6.25. The molecule has 1 aromatic carbocycles. The Hall–Kier alpha value is -2.24. The number of carbonyl (C=O) groups is 2. The molecule has 3 N–H and O–H groups in total. The van der Waals surface area contributed by atoms with Crippen molar-refractivity contribution in [1.82, 2.24) is 10.2 Å². The summed E-state index contributed by atoms with van der Waals surface area (Å²) in [6, 6.07) is 7.06. The van der Waals surface area contributed by atoms with E-state index in [1.807, 2.05) is 0 Å².